The minimum absolute atomic E-state index is 0.124. The van der Waals surface area contributed by atoms with Crippen LogP contribution in [0.5, 0.6) is 0 Å². The molecule has 0 atom stereocenters. The molecule has 1 amide bonds. The van der Waals surface area contributed by atoms with Crippen LogP contribution >= 0.6 is 0 Å². The van der Waals surface area contributed by atoms with Gasteiger partial charge >= 0.3 is 0 Å². The summed E-state index contributed by atoms with van der Waals surface area (Å²) in [6.07, 6.45) is 1.67. The van der Waals surface area contributed by atoms with Crippen molar-refractivity contribution in [3.8, 4) is 6.07 Å². The summed E-state index contributed by atoms with van der Waals surface area (Å²) in [7, 11) is -2.04. The highest BCUT2D eigenvalue weighted by molar-refractivity contribution is 7.92. The molecule has 3 rings (SSSR count). The standard InChI is InChI=1S/C22H26N4O3S/c1-17-3-9-21(10-4-17)30(28,29)26(20-7-5-18(15-23)6-8-20)16-22(27)25-13-11-19(24-2)12-14-25/h3-10,19,24H,11-14,16H2,1-2H3. The summed E-state index contributed by atoms with van der Waals surface area (Å²) in [4.78, 5) is 14.8. The van der Waals surface area contributed by atoms with Gasteiger partial charge in [0.2, 0.25) is 5.91 Å². The molecule has 0 unspecified atom stereocenters. The number of amides is 1. The topological polar surface area (TPSA) is 93.5 Å². The summed E-state index contributed by atoms with van der Waals surface area (Å²) in [6, 6.07) is 15.2. The summed E-state index contributed by atoms with van der Waals surface area (Å²) in [5.74, 6) is -0.232. The molecule has 0 saturated carbocycles. The molecule has 1 fully saturated rings. The average molecular weight is 427 g/mol. The van der Waals surface area contributed by atoms with Crippen LogP contribution in [-0.2, 0) is 14.8 Å². The second-order valence-corrected chi connectivity index (χ2v) is 9.29. The molecule has 7 nitrogen and oxygen atoms in total. The summed E-state index contributed by atoms with van der Waals surface area (Å²) in [5, 5.41) is 12.3. The van der Waals surface area contributed by atoms with Crippen LogP contribution in [0.15, 0.2) is 53.4 Å². The number of nitriles is 1. The van der Waals surface area contributed by atoms with E-state index in [1.165, 1.54) is 0 Å². The number of carbonyl (C=O) groups excluding carboxylic acids is 1. The molecule has 1 heterocycles. The number of hydrogen-bond donors (Lipinski definition) is 1. The SMILES string of the molecule is CNC1CCN(C(=O)CN(c2ccc(C#N)cc2)S(=O)(=O)c2ccc(C)cc2)CC1. The molecule has 1 aliphatic rings. The van der Waals surface area contributed by atoms with Crippen LogP contribution in [0.1, 0.15) is 24.0 Å². The Bertz CT molecular complexity index is 1020. The lowest BCUT2D eigenvalue weighted by molar-refractivity contribution is -0.130. The highest BCUT2D eigenvalue weighted by Crippen LogP contribution is 2.25. The third-order valence-corrected chi connectivity index (χ3v) is 7.22. The van der Waals surface area contributed by atoms with E-state index in [9.17, 15) is 13.2 Å². The number of likely N-dealkylation sites (tertiary alicyclic amines) is 1. The van der Waals surface area contributed by atoms with E-state index in [1.807, 2.05) is 20.0 Å². The number of anilines is 1. The Morgan fingerprint density at radius 3 is 2.27 bits per heavy atom. The monoisotopic (exact) mass is 426 g/mol. The minimum atomic E-state index is -3.95. The average Bonchev–Trinajstić information content (AvgIpc) is 2.77. The van der Waals surface area contributed by atoms with Crippen molar-refractivity contribution >= 4 is 21.6 Å². The van der Waals surface area contributed by atoms with E-state index in [4.69, 9.17) is 5.26 Å². The molecule has 158 valence electrons. The summed E-state index contributed by atoms with van der Waals surface area (Å²) >= 11 is 0. The Morgan fingerprint density at radius 2 is 1.73 bits per heavy atom. The lowest BCUT2D eigenvalue weighted by Crippen LogP contribution is -2.48. The van der Waals surface area contributed by atoms with Gasteiger partial charge in [-0.3, -0.25) is 9.10 Å². The van der Waals surface area contributed by atoms with Gasteiger partial charge < -0.3 is 10.2 Å². The Hall–Kier alpha value is -2.89. The third kappa shape index (κ3) is 4.81. The molecule has 1 N–H and O–H groups in total. The lowest BCUT2D eigenvalue weighted by atomic mass is 10.1. The van der Waals surface area contributed by atoms with Crippen LogP contribution in [0.3, 0.4) is 0 Å². The molecule has 2 aromatic rings. The van der Waals surface area contributed by atoms with Crippen LogP contribution in [-0.4, -0.2) is 51.9 Å². The van der Waals surface area contributed by atoms with Gasteiger partial charge in [0.05, 0.1) is 22.2 Å². The van der Waals surface area contributed by atoms with Crippen LogP contribution in [0, 0.1) is 18.3 Å². The number of carbonyl (C=O) groups is 1. The van der Waals surface area contributed by atoms with Crippen LogP contribution in [0.25, 0.3) is 0 Å². The number of nitrogens with zero attached hydrogens (tertiary/aromatic N) is 3. The maximum atomic E-state index is 13.4. The van der Waals surface area contributed by atoms with Crippen molar-refractivity contribution in [1.82, 2.24) is 10.2 Å². The summed E-state index contributed by atoms with van der Waals surface area (Å²) in [6.45, 7) is 2.78. The number of rotatable bonds is 6. The summed E-state index contributed by atoms with van der Waals surface area (Å²) < 4.78 is 27.9. The molecule has 0 bridgehead atoms. The summed E-state index contributed by atoms with van der Waals surface area (Å²) in [5.41, 5.74) is 1.72. The number of sulfonamides is 1. The zero-order chi connectivity index (χ0) is 21.7. The van der Waals surface area contributed by atoms with Gasteiger partial charge in [-0.05, 0) is 63.2 Å². The predicted molar refractivity (Wildman–Crippen MR) is 116 cm³/mol. The largest absolute Gasteiger partial charge is 0.341 e. The van der Waals surface area contributed by atoms with Crippen molar-refractivity contribution in [3.05, 3.63) is 59.7 Å². The second-order valence-electron chi connectivity index (χ2n) is 7.43. The molecule has 0 aromatic heterocycles. The Labute approximate surface area is 178 Å². The number of piperidine rings is 1. The van der Waals surface area contributed by atoms with E-state index < -0.39 is 10.0 Å². The number of benzene rings is 2. The Balaban J connectivity index is 1.90. The highest BCUT2D eigenvalue weighted by atomic mass is 32.2. The predicted octanol–water partition coefficient (Wildman–Crippen LogP) is 2.27. The zero-order valence-corrected chi connectivity index (χ0v) is 18.0. The van der Waals surface area contributed by atoms with E-state index >= 15 is 0 Å². The number of nitrogens with one attached hydrogen (secondary N) is 1. The molecular formula is C22H26N4O3S. The smallest absolute Gasteiger partial charge is 0.264 e. The van der Waals surface area contributed by atoms with E-state index in [0.29, 0.717) is 30.4 Å². The maximum Gasteiger partial charge on any atom is 0.264 e. The van der Waals surface area contributed by atoms with Crippen LogP contribution in [0.2, 0.25) is 0 Å². The first-order chi connectivity index (χ1) is 14.3. The molecule has 0 aliphatic carbocycles. The zero-order valence-electron chi connectivity index (χ0n) is 17.2. The van der Waals surface area contributed by atoms with E-state index in [0.717, 1.165) is 22.7 Å². The van der Waals surface area contributed by atoms with Crippen molar-refractivity contribution in [3.63, 3.8) is 0 Å². The first-order valence-electron chi connectivity index (χ1n) is 9.90. The molecule has 8 heteroatoms. The van der Waals surface area contributed by atoms with Crippen molar-refractivity contribution in [2.45, 2.75) is 30.7 Å². The van der Waals surface area contributed by atoms with E-state index in [1.54, 1.807) is 53.4 Å². The molecule has 2 aromatic carbocycles. The van der Waals surface area contributed by atoms with Gasteiger partial charge in [0, 0.05) is 19.1 Å². The fraction of sp³-hybridized carbons (Fsp3) is 0.364. The van der Waals surface area contributed by atoms with Crippen molar-refractivity contribution < 1.29 is 13.2 Å². The fourth-order valence-corrected chi connectivity index (χ4v) is 4.91. The van der Waals surface area contributed by atoms with Gasteiger partial charge in [0.25, 0.3) is 10.0 Å². The van der Waals surface area contributed by atoms with Gasteiger partial charge in [-0.1, -0.05) is 17.7 Å². The quantitative estimate of drug-likeness (QED) is 0.765. The fourth-order valence-electron chi connectivity index (χ4n) is 3.50. The van der Waals surface area contributed by atoms with Crippen molar-refractivity contribution in [2.24, 2.45) is 0 Å². The van der Waals surface area contributed by atoms with Gasteiger partial charge in [-0.25, -0.2) is 8.42 Å². The normalized spacial score (nSPS) is 14.9. The van der Waals surface area contributed by atoms with Gasteiger partial charge in [0.15, 0.2) is 0 Å². The first kappa shape index (κ1) is 21.8. The number of aryl methyl sites for hydroxylation is 1. The minimum Gasteiger partial charge on any atom is -0.341 e. The second kappa shape index (κ2) is 9.28. The van der Waals surface area contributed by atoms with E-state index in [-0.39, 0.29) is 17.3 Å². The van der Waals surface area contributed by atoms with Crippen molar-refractivity contribution in [2.75, 3.05) is 31.0 Å². The molecule has 1 aliphatic heterocycles. The highest BCUT2D eigenvalue weighted by Gasteiger charge is 2.30. The molecular weight excluding hydrogens is 400 g/mol. The van der Waals surface area contributed by atoms with Crippen LogP contribution < -0.4 is 9.62 Å². The van der Waals surface area contributed by atoms with E-state index in [2.05, 4.69) is 5.32 Å². The Morgan fingerprint density at radius 1 is 1.13 bits per heavy atom. The third-order valence-electron chi connectivity index (χ3n) is 5.43. The molecule has 30 heavy (non-hydrogen) atoms. The van der Waals surface area contributed by atoms with Gasteiger partial charge in [-0.15, -0.1) is 0 Å². The molecule has 0 spiro atoms. The molecule has 0 radical (unpaired) electrons. The van der Waals surface area contributed by atoms with Gasteiger partial charge in [0.1, 0.15) is 6.54 Å². The van der Waals surface area contributed by atoms with Crippen molar-refractivity contribution in [1.29, 1.82) is 5.26 Å². The van der Waals surface area contributed by atoms with Crippen LogP contribution in [0.4, 0.5) is 5.69 Å². The number of hydrogen-bond acceptors (Lipinski definition) is 5. The first-order valence-corrected chi connectivity index (χ1v) is 11.3. The lowest BCUT2D eigenvalue weighted by Gasteiger charge is -2.33. The van der Waals surface area contributed by atoms with Gasteiger partial charge in [-0.2, -0.15) is 5.26 Å². The maximum absolute atomic E-state index is 13.4. The Kier molecular flexibility index (Phi) is 6.75. The molecule has 1 saturated heterocycles.